The number of hydrogen-bond acceptors (Lipinski definition) is 3. The van der Waals surface area contributed by atoms with Gasteiger partial charge in [0.05, 0.1) is 6.10 Å². The van der Waals surface area contributed by atoms with Crippen LogP contribution in [0.2, 0.25) is 0 Å². The Bertz CT molecular complexity index is 100. The lowest BCUT2D eigenvalue weighted by Gasteiger charge is -2.20. The molecule has 1 N–H and O–H groups in total. The third-order valence-electron chi connectivity index (χ3n) is 1.84. The minimum Gasteiger partial charge on any atom is -0.392 e. The molecule has 3 heteroatoms. The maximum atomic E-state index is 9.15. The zero-order chi connectivity index (χ0) is 8.10. The number of aliphatic hydroxyl groups excluding tert-OH is 1. The van der Waals surface area contributed by atoms with Crippen LogP contribution >= 0.6 is 11.8 Å². The molecule has 0 aromatic heterocycles. The predicted molar refractivity (Wildman–Crippen MR) is 50.1 cm³/mol. The molecule has 0 aliphatic carbocycles. The molecule has 0 radical (unpaired) electrons. The maximum Gasteiger partial charge on any atom is 0.0639 e. The van der Waals surface area contributed by atoms with E-state index in [0.29, 0.717) is 0 Å². The van der Waals surface area contributed by atoms with E-state index in [1.165, 1.54) is 17.9 Å². The number of rotatable bonds is 2. The van der Waals surface area contributed by atoms with Crippen LogP contribution in [0.1, 0.15) is 13.3 Å². The lowest BCUT2D eigenvalue weighted by atomic mass is 10.3. The fourth-order valence-corrected chi connectivity index (χ4v) is 2.28. The average molecular weight is 175 g/mol. The van der Waals surface area contributed by atoms with Crippen LogP contribution in [-0.2, 0) is 0 Å². The van der Waals surface area contributed by atoms with Crippen molar-refractivity contribution in [3.63, 3.8) is 0 Å². The highest BCUT2D eigenvalue weighted by Gasteiger charge is 2.10. The highest BCUT2D eigenvalue weighted by molar-refractivity contribution is 7.99. The van der Waals surface area contributed by atoms with Crippen LogP contribution in [0.15, 0.2) is 0 Å². The summed E-state index contributed by atoms with van der Waals surface area (Å²) < 4.78 is 0. The molecule has 0 saturated carbocycles. The molecule has 1 atom stereocenters. The van der Waals surface area contributed by atoms with Crippen LogP contribution < -0.4 is 0 Å². The zero-order valence-corrected chi connectivity index (χ0v) is 7.94. The Morgan fingerprint density at radius 1 is 1.45 bits per heavy atom. The largest absolute Gasteiger partial charge is 0.392 e. The molecule has 1 fully saturated rings. The van der Waals surface area contributed by atoms with Gasteiger partial charge in [0.1, 0.15) is 0 Å². The molecule has 1 heterocycles. The number of aliphatic hydroxyl groups is 1. The maximum absolute atomic E-state index is 9.15. The van der Waals surface area contributed by atoms with Crippen molar-refractivity contribution in [2.45, 2.75) is 19.4 Å². The fourth-order valence-electron chi connectivity index (χ4n) is 1.35. The molecular formula is C8H17NOS. The smallest absolute Gasteiger partial charge is 0.0639 e. The summed E-state index contributed by atoms with van der Waals surface area (Å²) in [4.78, 5) is 2.35. The van der Waals surface area contributed by atoms with E-state index in [4.69, 9.17) is 5.11 Å². The second-order valence-electron chi connectivity index (χ2n) is 3.12. The topological polar surface area (TPSA) is 23.5 Å². The summed E-state index contributed by atoms with van der Waals surface area (Å²) in [6, 6.07) is 0. The van der Waals surface area contributed by atoms with Gasteiger partial charge in [-0.3, -0.25) is 4.90 Å². The first-order valence-electron chi connectivity index (χ1n) is 4.27. The van der Waals surface area contributed by atoms with Crippen molar-refractivity contribution in [1.29, 1.82) is 0 Å². The molecule has 0 amide bonds. The van der Waals surface area contributed by atoms with Crippen LogP contribution in [0.3, 0.4) is 0 Å². The summed E-state index contributed by atoms with van der Waals surface area (Å²) in [5.74, 6) is 2.52. The molecule has 2 nitrogen and oxygen atoms in total. The number of nitrogens with zero attached hydrogens (tertiary/aromatic N) is 1. The van der Waals surface area contributed by atoms with Crippen molar-refractivity contribution in [1.82, 2.24) is 4.90 Å². The normalized spacial score (nSPS) is 24.5. The third kappa shape index (κ3) is 3.99. The molecule has 0 bridgehead atoms. The number of thioether (sulfide) groups is 1. The van der Waals surface area contributed by atoms with Gasteiger partial charge in [-0.05, 0) is 25.6 Å². The van der Waals surface area contributed by atoms with Crippen molar-refractivity contribution in [3.8, 4) is 0 Å². The zero-order valence-electron chi connectivity index (χ0n) is 7.12. The van der Waals surface area contributed by atoms with Gasteiger partial charge in [-0.1, -0.05) is 0 Å². The van der Waals surface area contributed by atoms with Crippen LogP contribution in [0.5, 0.6) is 0 Å². The van der Waals surface area contributed by atoms with Crippen molar-refractivity contribution in [2.75, 3.05) is 31.1 Å². The molecule has 0 unspecified atom stereocenters. The van der Waals surface area contributed by atoms with E-state index in [1.54, 1.807) is 0 Å². The first-order valence-corrected chi connectivity index (χ1v) is 5.42. The summed E-state index contributed by atoms with van der Waals surface area (Å²) in [5, 5.41) is 9.15. The van der Waals surface area contributed by atoms with Crippen molar-refractivity contribution >= 4 is 11.8 Å². The van der Waals surface area contributed by atoms with Crippen LogP contribution in [-0.4, -0.2) is 47.3 Å². The van der Waals surface area contributed by atoms with E-state index in [-0.39, 0.29) is 6.10 Å². The van der Waals surface area contributed by atoms with Gasteiger partial charge < -0.3 is 5.11 Å². The minimum atomic E-state index is -0.168. The van der Waals surface area contributed by atoms with Gasteiger partial charge in [0.15, 0.2) is 0 Å². The highest BCUT2D eigenvalue weighted by Crippen LogP contribution is 2.09. The summed E-state index contributed by atoms with van der Waals surface area (Å²) >= 11 is 2.02. The van der Waals surface area contributed by atoms with Crippen molar-refractivity contribution in [3.05, 3.63) is 0 Å². The van der Waals surface area contributed by atoms with Crippen LogP contribution in [0, 0.1) is 0 Å². The molecular weight excluding hydrogens is 158 g/mol. The van der Waals surface area contributed by atoms with Gasteiger partial charge in [0, 0.05) is 18.8 Å². The minimum absolute atomic E-state index is 0.168. The van der Waals surface area contributed by atoms with E-state index >= 15 is 0 Å². The molecule has 0 aromatic rings. The Morgan fingerprint density at radius 2 is 2.27 bits per heavy atom. The second kappa shape index (κ2) is 5.01. The average Bonchev–Trinajstić information content (AvgIpc) is 2.14. The van der Waals surface area contributed by atoms with Crippen molar-refractivity contribution < 1.29 is 5.11 Å². The molecule has 1 rings (SSSR count). The van der Waals surface area contributed by atoms with E-state index in [1.807, 2.05) is 18.7 Å². The van der Waals surface area contributed by atoms with Gasteiger partial charge in [-0.25, -0.2) is 0 Å². The molecule has 1 saturated heterocycles. The van der Waals surface area contributed by atoms with Crippen LogP contribution in [0.4, 0.5) is 0 Å². The third-order valence-corrected chi connectivity index (χ3v) is 2.89. The van der Waals surface area contributed by atoms with E-state index in [9.17, 15) is 0 Å². The van der Waals surface area contributed by atoms with E-state index in [2.05, 4.69) is 4.90 Å². The molecule has 0 spiro atoms. The summed E-state index contributed by atoms with van der Waals surface area (Å²) in [6.07, 6.45) is 1.11. The molecule has 1 aliphatic rings. The Balaban J connectivity index is 2.20. The number of hydrogen-bond donors (Lipinski definition) is 1. The van der Waals surface area contributed by atoms with Gasteiger partial charge in [-0.15, -0.1) is 0 Å². The lowest BCUT2D eigenvalue weighted by Crippen LogP contribution is -2.32. The monoisotopic (exact) mass is 175 g/mol. The Labute approximate surface area is 73.0 Å². The van der Waals surface area contributed by atoms with E-state index < -0.39 is 0 Å². The van der Waals surface area contributed by atoms with Gasteiger partial charge in [0.25, 0.3) is 0 Å². The Kier molecular flexibility index (Phi) is 4.26. The Morgan fingerprint density at radius 3 is 3.00 bits per heavy atom. The number of β-amino-alcohol motifs (C(OH)–C–C–N with tert-alkyl or cyclic N) is 1. The van der Waals surface area contributed by atoms with Crippen molar-refractivity contribution in [2.24, 2.45) is 0 Å². The van der Waals surface area contributed by atoms with Gasteiger partial charge in [0.2, 0.25) is 0 Å². The summed E-state index contributed by atoms with van der Waals surface area (Å²) in [6.45, 7) is 5.02. The standard InChI is InChI=1S/C8H17NOS/c1-8(10)7-9-3-2-5-11-6-4-9/h8,10H,2-7H2,1H3/t8-/m1/s1. The first-order chi connectivity index (χ1) is 5.29. The van der Waals surface area contributed by atoms with E-state index in [0.717, 1.165) is 19.6 Å². The quantitative estimate of drug-likeness (QED) is 0.672. The Hall–Kier alpha value is 0.270. The van der Waals surface area contributed by atoms with Gasteiger partial charge in [-0.2, -0.15) is 11.8 Å². The highest BCUT2D eigenvalue weighted by atomic mass is 32.2. The molecule has 11 heavy (non-hydrogen) atoms. The SMILES string of the molecule is C[C@@H](O)CN1CCCSCC1. The molecule has 66 valence electrons. The molecule has 1 aliphatic heterocycles. The second-order valence-corrected chi connectivity index (χ2v) is 4.34. The fraction of sp³-hybridized carbons (Fsp3) is 1.00. The van der Waals surface area contributed by atoms with Crippen LogP contribution in [0.25, 0.3) is 0 Å². The predicted octanol–water partition coefficient (Wildman–Crippen LogP) is 0.806. The first kappa shape index (κ1) is 9.36. The summed E-state index contributed by atoms with van der Waals surface area (Å²) in [5.41, 5.74) is 0. The summed E-state index contributed by atoms with van der Waals surface area (Å²) in [7, 11) is 0. The molecule has 0 aromatic carbocycles. The lowest BCUT2D eigenvalue weighted by molar-refractivity contribution is 0.131. The van der Waals surface area contributed by atoms with Gasteiger partial charge >= 0.3 is 0 Å².